The first-order chi connectivity index (χ1) is 7.09. The number of hydrogen-bond donors (Lipinski definition) is 1. The predicted molar refractivity (Wildman–Crippen MR) is 65.4 cm³/mol. The van der Waals surface area contributed by atoms with Crippen LogP contribution in [0.25, 0.3) is 5.69 Å². The highest BCUT2D eigenvalue weighted by Crippen LogP contribution is 2.23. The van der Waals surface area contributed by atoms with E-state index in [4.69, 9.17) is 23.8 Å². The van der Waals surface area contributed by atoms with E-state index >= 15 is 0 Å². The van der Waals surface area contributed by atoms with Gasteiger partial charge < -0.3 is 4.98 Å². The van der Waals surface area contributed by atoms with E-state index in [9.17, 15) is 0 Å². The molecule has 0 aliphatic heterocycles. The molecule has 0 aliphatic rings. The maximum absolute atomic E-state index is 6.15. The van der Waals surface area contributed by atoms with Crippen molar-refractivity contribution in [2.24, 2.45) is 0 Å². The number of aromatic amines is 1. The molecule has 0 fully saturated rings. The minimum Gasteiger partial charge on any atom is -0.337 e. The topological polar surface area (TPSA) is 20.7 Å². The van der Waals surface area contributed by atoms with Gasteiger partial charge in [-0.05, 0) is 43.8 Å². The molecule has 1 heterocycles. The smallest absolute Gasteiger partial charge is 0.182 e. The molecule has 2 nitrogen and oxygen atoms in total. The van der Waals surface area contributed by atoms with Crippen LogP contribution in [0.1, 0.15) is 11.3 Å². The number of rotatable bonds is 1. The second kappa shape index (κ2) is 3.83. The Bertz CT molecular complexity index is 554. The summed E-state index contributed by atoms with van der Waals surface area (Å²) in [5.41, 5.74) is 3.14. The fourth-order valence-electron chi connectivity index (χ4n) is 1.55. The maximum atomic E-state index is 6.15. The Morgan fingerprint density at radius 1 is 1.33 bits per heavy atom. The Hall–Kier alpha value is -1.06. The van der Waals surface area contributed by atoms with Crippen molar-refractivity contribution >= 4 is 23.8 Å². The molecule has 0 aliphatic carbocycles. The first-order valence-electron chi connectivity index (χ1n) is 4.63. The number of aryl methyl sites for hydroxylation is 2. The third kappa shape index (κ3) is 1.85. The van der Waals surface area contributed by atoms with Crippen LogP contribution in [0.5, 0.6) is 0 Å². The van der Waals surface area contributed by atoms with E-state index in [1.165, 1.54) is 0 Å². The molecule has 1 aromatic carbocycles. The molecule has 0 saturated heterocycles. The first-order valence-corrected chi connectivity index (χ1v) is 5.42. The highest BCUT2D eigenvalue weighted by molar-refractivity contribution is 7.71. The second-order valence-corrected chi connectivity index (χ2v) is 4.32. The van der Waals surface area contributed by atoms with Gasteiger partial charge in [0.2, 0.25) is 0 Å². The zero-order valence-corrected chi connectivity index (χ0v) is 10.1. The molecule has 1 aromatic heterocycles. The van der Waals surface area contributed by atoms with Crippen molar-refractivity contribution in [2.45, 2.75) is 13.8 Å². The van der Waals surface area contributed by atoms with Gasteiger partial charge in [0.1, 0.15) is 0 Å². The van der Waals surface area contributed by atoms with E-state index in [1.54, 1.807) is 0 Å². The number of hydrogen-bond acceptors (Lipinski definition) is 1. The van der Waals surface area contributed by atoms with Crippen LogP contribution < -0.4 is 0 Å². The molecule has 2 aromatic rings. The van der Waals surface area contributed by atoms with E-state index in [0.29, 0.717) is 9.79 Å². The average Bonchev–Trinajstić information content (AvgIpc) is 2.51. The summed E-state index contributed by atoms with van der Waals surface area (Å²) in [5, 5.41) is 0.708. The molecular weight excluding hydrogens is 228 g/mol. The summed E-state index contributed by atoms with van der Waals surface area (Å²) in [7, 11) is 0. The lowest BCUT2D eigenvalue weighted by Gasteiger charge is -2.08. The van der Waals surface area contributed by atoms with Crippen LogP contribution in [0, 0.1) is 18.6 Å². The zero-order valence-electron chi connectivity index (χ0n) is 8.54. The first kappa shape index (κ1) is 10.5. The summed E-state index contributed by atoms with van der Waals surface area (Å²) in [4.78, 5) is 3.00. The highest BCUT2D eigenvalue weighted by Gasteiger charge is 2.06. The lowest BCUT2D eigenvalue weighted by atomic mass is 10.2. The van der Waals surface area contributed by atoms with Crippen molar-refractivity contribution in [1.82, 2.24) is 9.55 Å². The Kier molecular flexibility index (Phi) is 2.67. The quantitative estimate of drug-likeness (QED) is 0.750. The molecule has 4 heteroatoms. The molecule has 78 valence electrons. The van der Waals surface area contributed by atoms with Gasteiger partial charge in [-0.25, -0.2) is 0 Å². The Labute approximate surface area is 98.5 Å². The molecule has 1 N–H and O–H groups in total. The summed E-state index contributed by atoms with van der Waals surface area (Å²) < 4.78 is 2.60. The number of halogens is 1. The molecule has 0 saturated carbocycles. The van der Waals surface area contributed by atoms with Gasteiger partial charge in [-0.2, -0.15) is 0 Å². The summed E-state index contributed by atoms with van der Waals surface area (Å²) >= 11 is 11.4. The minimum atomic E-state index is 0.667. The fraction of sp³-hybridized carbons (Fsp3) is 0.182. The lowest BCUT2D eigenvalue weighted by molar-refractivity contribution is 0.983. The molecule has 0 atom stereocenters. The van der Waals surface area contributed by atoms with Crippen molar-refractivity contribution in [1.29, 1.82) is 0 Å². The monoisotopic (exact) mass is 238 g/mol. The molecule has 0 radical (unpaired) electrons. The van der Waals surface area contributed by atoms with Gasteiger partial charge in [-0.15, -0.1) is 0 Å². The summed E-state index contributed by atoms with van der Waals surface area (Å²) in [5.74, 6) is 0. The largest absolute Gasteiger partial charge is 0.337 e. The van der Waals surface area contributed by atoms with Crippen molar-refractivity contribution in [3.05, 3.63) is 45.4 Å². The van der Waals surface area contributed by atoms with Gasteiger partial charge in [0.25, 0.3) is 0 Å². The summed E-state index contributed by atoms with van der Waals surface area (Å²) in [6.07, 6.45) is 1.88. The van der Waals surface area contributed by atoms with E-state index < -0.39 is 0 Å². The molecule has 0 bridgehead atoms. The Balaban J connectivity index is 2.74. The van der Waals surface area contributed by atoms with Gasteiger partial charge in [0, 0.05) is 11.9 Å². The van der Waals surface area contributed by atoms with Crippen molar-refractivity contribution in [3.8, 4) is 5.69 Å². The Morgan fingerprint density at radius 2 is 2.07 bits per heavy atom. The van der Waals surface area contributed by atoms with Gasteiger partial charge in [-0.3, -0.25) is 4.57 Å². The number of imidazole rings is 1. The van der Waals surface area contributed by atoms with Crippen molar-refractivity contribution < 1.29 is 0 Å². The Morgan fingerprint density at radius 3 is 2.67 bits per heavy atom. The maximum Gasteiger partial charge on any atom is 0.182 e. The van der Waals surface area contributed by atoms with Gasteiger partial charge >= 0.3 is 0 Å². The molecule has 0 spiro atoms. The lowest BCUT2D eigenvalue weighted by Crippen LogP contribution is -1.97. The summed E-state index contributed by atoms with van der Waals surface area (Å²) in [6, 6.07) is 5.90. The zero-order chi connectivity index (χ0) is 11.0. The number of benzene rings is 1. The number of nitrogens with one attached hydrogen (secondary N) is 1. The van der Waals surface area contributed by atoms with E-state index in [0.717, 1.165) is 16.9 Å². The van der Waals surface area contributed by atoms with Crippen LogP contribution in [0.4, 0.5) is 0 Å². The fourth-order valence-corrected chi connectivity index (χ4v) is 2.05. The van der Waals surface area contributed by atoms with Crippen LogP contribution in [-0.2, 0) is 0 Å². The van der Waals surface area contributed by atoms with Crippen LogP contribution in [-0.4, -0.2) is 9.55 Å². The number of H-pyrrole nitrogens is 1. The minimum absolute atomic E-state index is 0.667. The second-order valence-electron chi connectivity index (χ2n) is 3.53. The molecule has 0 unspecified atom stereocenters. The van der Waals surface area contributed by atoms with E-state index in [2.05, 4.69) is 4.98 Å². The van der Waals surface area contributed by atoms with Crippen molar-refractivity contribution in [3.63, 3.8) is 0 Å². The molecule has 0 amide bonds. The van der Waals surface area contributed by atoms with Gasteiger partial charge in [0.05, 0.1) is 10.7 Å². The SMILES string of the molecule is Cc1ccc(Cl)c(-n2c(C)c[nH]c2=S)c1. The average molecular weight is 239 g/mol. The van der Waals surface area contributed by atoms with Crippen LogP contribution >= 0.6 is 23.8 Å². The number of aromatic nitrogens is 2. The van der Waals surface area contributed by atoms with Crippen LogP contribution in [0.2, 0.25) is 5.02 Å². The van der Waals surface area contributed by atoms with E-state index in [1.807, 2.05) is 42.8 Å². The van der Waals surface area contributed by atoms with Crippen LogP contribution in [0.15, 0.2) is 24.4 Å². The predicted octanol–water partition coefficient (Wildman–Crippen LogP) is 3.81. The van der Waals surface area contributed by atoms with Crippen LogP contribution in [0.3, 0.4) is 0 Å². The van der Waals surface area contributed by atoms with E-state index in [-0.39, 0.29) is 0 Å². The third-order valence-corrected chi connectivity index (χ3v) is 2.92. The molecular formula is C11H11ClN2S. The van der Waals surface area contributed by atoms with Gasteiger partial charge in [0.15, 0.2) is 4.77 Å². The molecule has 15 heavy (non-hydrogen) atoms. The standard InChI is InChI=1S/C11H11ClN2S/c1-7-3-4-9(12)10(5-7)14-8(2)6-13-11(14)15/h3-6H,1-2H3,(H,13,15). The summed E-state index contributed by atoms with van der Waals surface area (Å²) in [6.45, 7) is 4.02. The number of nitrogens with zero attached hydrogens (tertiary/aromatic N) is 1. The van der Waals surface area contributed by atoms with Gasteiger partial charge in [-0.1, -0.05) is 17.7 Å². The highest BCUT2D eigenvalue weighted by atomic mass is 35.5. The van der Waals surface area contributed by atoms with Crippen molar-refractivity contribution in [2.75, 3.05) is 0 Å². The third-order valence-electron chi connectivity index (χ3n) is 2.30. The normalized spacial score (nSPS) is 10.6. The molecule has 2 rings (SSSR count).